The molecule has 1 atom stereocenters. The van der Waals surface area contributed by atoms with Gasteiger partial charge < -0.3 is 14.6 Å². The highest BCUT2D eigenvalue weighted by Gasteiger charge is 2.23. The number of aromatic nitrogens is 3. The highest BCUT2D eigenvalue weighted by atomic mass is 16.3. The molecule has 0 aliphatic carbocycles. The topological polar surface area (TPSA) is 54.2 Å². The summed E-state index contributed by atoms with van der Waals surface area (Å²) >= 11 is 0. The molecule has 3 heterocycles. The van der Waals surface area contributed by atoms with Crippen molar-refractivity contribution >= 4 is 30.2 Å². The number of hydrogen-bond acceptors (Lipinski definition) is 4. The van der Waals surface area contributed by atoms with Crippen LogP contribution in [0.4, 0.5) is 5.82 Å². The van der Waals surface area contributed by atoms with E-state index in [9.17, 15) is 5.11 Å². The Morgan fingerprint density at radius 3 is 2.45 bits per heavy atom. The molecule has 4 rings (SSSR count). The third-order valence-corrected chi connectivity index (χ3v) is 6.21. The summed E-state index contributed by atoms with van der Waals surface area (Å²) in [4.78, 5) is 12.2. The number of nitrogens with zero attached hydrogens (tertiary/aromatic N) is 4. The molecule has 1 aromatic carbocycles. The lowest BCUT2D eigenvalue weighted by molar-refractivity contribution is 0.215. The van der Waals surface area contributed by atoms with E-state index in [0.717, 1.165) is 55.0 Å². The molecule has 152 valence electrons. The van der Waals surface area contributed by atoms with Gasteiger partial charge in [0.05, 0.1) is 11.1 Å². The van der Waals surface area contributed by atoms with Crippen molar-refractivity contribution in [1.29, 1.82) is 0 Å². The van der Waals surface area contributed by atoms with Crippen molar-refractivity contribution in [1.82, 2.24) is 14.5 Å². The molecule has 6 heteroatoms. The van der Waals surface area contributed by atoms with Crippen LogP contribution >= 0.6 is 0 Å². The summed E-state index contributed by atoms with van der Waals surface area (Å²) < 4.78 is 2.25. The minimum Gasteiger partial charge on any atom is -0.396 e. The van der Waals surface area contributed by atoms with Crippen molar-refractivity contribution in [3.63, 3.8) is 0 Å². The van der Waals surface area contributed by atoms with E-state index in [1.165, 1.54) is 27.8 Å². The maximum absolute atomic E-state index is 9.59. The molecule has 1 saturated heterocycles. The summed E-state index contributed by atoms with van der Waals surface area (Å²) in [5.41, 5.74) is 7.22. The van der Waals surface area contributed by atoms with Crippen molar-refractivity contribution < 1.29 is 5.11 Å². The Morgan fingerprint density at radius 2 is 1.76 bits per heavy atom. The Morgan fingerprint density at radius 1 is 1.03 bits per heavy atom. The maximum Gasteiger partial charge on any atom is 0.150 e. The van der Waals surface area contributed by atoms with Gasteiger partial charge in [0, 0.05) is 25.9 Å². The van der Waals surface area contributed by atoms with Crippen molar-refractivity contribution in [3.05, 3.63) is 40.8 Å². The van der Waals surface area contributed by atoms with E-state index >= 15 is 0 Å². The molecular weight excluding hydrogens is 359 g/mol. The second-order valence-corrected chi connectivity index (χ2v) is 8.69. The van der Waals surface area contributed by atoms with Crippen molar-refractivity contribution in [2.75, 3.05) is 24.6 Å². The Balaban J connectivity index is 1.88. The van der Waals surface area contributed by atoms with Gasteiger partial charge in [0.25, 0.3) is 0 Å². The zero-order valence-electron chi connectivity index (χ0n) is 18.3. The second kappa shape index (κ2) is 7.83. The monoisotopic (exact) mass is 390 g/mol. The molecule has 29 heavy (non-hydrogen) atoms. The van der Waals surface area contributed by atoms with E-state index in [-0.39, 0.29) is 6.61 Å². The van der Waals surface area contributed by atoms with Crippen LogP contribution in [0, 0.1) is 33.6 Å². The van der Waals surface area contributed by atoms with Crippen LogP contribution < -0.4 is 10.4 Å². The molecule has 0 radical (unpaired) electrons. The molecule has 3 aromatic rings. The van der Waals surface area contributed by atoms with Crippen molar-refractivity contribution in [2.45, 2.75) is 47.0 Å². The molecule has 1 unspecified atom stereocenters. The minimum atomic E-state index is 0.285. The maximum atomic E-state index is 9.59. The molecule has 0 amide bonds. The normalized spacial score (nSPS) is 17.7. The molecular formula is C23H31BN4O. The van der Waals surface area contributed by atoms with Crippen LogP contribution in [0.15, 0.2) is 18.3 Å². The largest absolute Gasteiger partial charge is 0.396 e. The van der Waals surface area contributed by atoms with Gasteiger partial charge in [-0.15, -0.1) is 0 Å². The van der Waals surface area contributed by atoms with Gasteiger partial charge in [-0.25, -0.2) is 9.97 Å². The standard InChI is InChI=1S/C23H31BN4O/c1-14-10-19(24)11-15(2)21(14)28-12-16(3)20-22(25-17(4)26-23(20)28)27-8-5-6-18(13-29)7-9-27/h10-12,18,29H,5-9,13,24H2,1-4H3. The van der Waals surface area contributed by atoms with Crippen LogP contribution in [0.3, 0.4) is 0 Å². The fourth-order valence-electron chi connectivity index (χ4n) is 4.90. The summed E-state index contributed by atoms with van der Waals surface area (Å²) in [5.74, 6) is 2.25. The van der Waals surface area contributed by atoms with Gasteiger partial charge in [-0.1, -0.05) is 17.6 Å². The first kappa shape index (κ1) is 20.0. The van der Waals surface area contributed by atoms with Gasteiger partial charge in [0.1, 0.15) is 19.5 Å². The number of hydrogen-bond donors (Lipinski definition) is 1. The molecule has 2 aromatic heterocycles. The van der Waals surface area contributed by atoms with Crippen LogP contribution in [0.5, 0.6) is 0 Å². The van der Waals surface area contributed by atoms with Gasteiger partial charge >= 0.3 is 0 Å². The summed E-state index contributed by atoms with van der Waals surface area (Å²) in [6.07, 6.45) is 5.39. The fourth-order valence-corrected chi connectivity index (χ4v) is 4.90. The molecule has 0 bridgehead atoms. The highest BCUT2D eigenvalue weighted by molar-refractivity contribution is 6.32. The first-order chi connectivity index (χ1) is 13.9. The Hall–Kier alpha value is -2.34. The second-order valence-electron chi connectivity index (χ2n) is 8.69. The van der Waals surface area contributed by atoms with Crippen LogP contribution in [-0.2, 0) is 0 Å². The molecule has 5 nitrogen and oxygen atoms in total. The summed E-state index contributed by atoms with van der Waals surface area (Å²) in [6.45, 7) is 10.7. The van der Waals surface area contributed by atoms with E-state index in [1.54, 1.807) is 0 Å². The van der Waals surface area contributed by atoms with E-state index in [0.29, 0.717) is 5.92 Å². The predicted molar refractivity (Wildman–Crippen MR) is 123 cm³/mol. The first-order valence-electron chi connectivity index (χ1n) is 10.7. The third kappa shape index (κ3) is 3.66. The molecule has 1 aliphatic rings. The summed E-state index contributed by atoms with van der Waals surface area (Å²) in [6, 6.07) is 4.48. The third-order valence-electron chi connectivity index (χ3n) is 6.21. The van der Waals surface area contributed by atoms with Crippen LogP contribution in [0.25, 0.3) is 16.7 Å². The van der Waals surface area contributed by atoms with Gasteiger partial charge in [-0.2, -0.15) is 0 Å². The molecule has 1 aliphatic heterocycles. The summed E-state index contributed by atoms with van der Waals surface area (Å²) in [5, 5.41) is 10.7. The van der Waals surface area contributed by atoms with E-state index in [1.807, 2.05) is 6.92 Å². The smallest absolute Gasteiger partial charge is 0.150 e. The van der Waals surface area contributed by atoms with Gasteiger partial charge in [-0.3, -0.25) is 0 Å². The molecule has 1 fully saturated rings. The number of fused-ring (bicyclic) bond motifs is 1. The highest BCUT2D eigenvalue weighted by Crippen LogP contribution is 2.33. The predicted octanol–water partition coefficient (Wildman–Crippen LogP) is 2.51. The average Bonchev–Trinajstić information content (AvgIpc) is 2.84. The summed E-state index contributed by atoms with van der Waals surface area (Å²) in [7, 11) is 2.15. The number of anilines is 1. The fraction of sp³-hybridized carbons (Fsp3) is 0.478. The van der Waals surface area contributed by atoms with Gasteiger partial charge in [0.15, 0.2) is 5.65 Å². The Labute approximate surface area is 174 Å². The minimum absolute atomic E-state index is 0.285. The zero-order valence-corrected chi connectivity index (χ0v) is 18.3. The van der Waals surface area contributed by atoms with Gasteiger partial charge in [-0.05, 0) is 69.6 Å². The molecule has 0 spiro atoms. The molecule has 1 N–H and O–H groups in total. The van der Waals surface area contributed by atoms with E-state index < -0.39 is 0 Å². The number of aliphatic hydroxyl groups is 1. The van der Waals surface area contributed by atoms with Crippen molar-refractivity contribution in [2.24, 2.45) is 5.92 Å². The van der Waals surface area contributed by atoms with Crippen LogP contribution in [0.1, 0.15) is 41.8 Å². The lowest BCUT2D eigenvalue weighted by Gasteiger charge is -2.23. The van der Waals surface area contributed by atoms with E-state index in [4.69, 9.17) is 9.97 Å². The van der Waals surface area contributed by atoms with Crippen molar-refractivity contribution in [3.8, 4) is 5.69 Å². The SMILES string of the molecule is Bc1cc(C)c(-n2cc(C)c3c(N4CCCC(CO)CC4)nc(C)nc32)c(C)c1. The number of aliphatic hydroxyl groups excluding tert-OH is 1. The van der Waals surface area contributed by atoms with Crippen LogP contribution in [-0.4, -0.2) is 47.2 Å². The van der Waals surface area contributed by atoms with E-state index in [2.05, 4.69) is 56.4 Å². The Bertz CT molecular complexity index is 1040. The Kier molecular flexibility index (Phi) is 5.39. The lowest BCUT2D eigenvalue weighted by atomic mass is 9.91. The average molecular weight is 390 g/mol. The number of rotatable bonds is 3. The lowest BCUT2D eigenvalue weighted by Crippen LogP contribution is -2.26. The van der Waals surface area contributed by atoms with Gasteiger partial charge in [0.2, 0.25) is 0 Å². The molecule has 0 saturated carbocycles. The van der Waals surface area contributed by atoms with Crippen LogP contribution in [0.2, 0.25) is 0 Å². The number of aryl methyl sites for hydroxylation is 4. The number of benzene rings is 1. The first-order valence-corrected chi connectivity index (χ1v) is 10.7. The zero-order chi connectivity index (χ0) is 20.7. The quantitative estimate of drug-likeness (QED) is 0.699.